The van der Waals surface area contributed by atoms with Crippen LogP contribution >= 0.6 is 0 Å². The van der Waals surface area contributed by atoms with Crippen molar-refractivity contribution in [2.75, 3.05) is 0 Å². The van der Waals surface area contributed by atoms with Gasteiger partial charge in [0.1, 0.15) is 0 Å². The maximum Gasteiger partial charge on any atom is -0.0322 e. The summed E-state index contributed by atoms with van der Waals surface area (Å²) in [5, 5.41) is 0. The first-order chi connectivity index (χ1) is 5.65. The average molecular weight is 166 g/mol. The molecule has 0 saturated heterocycles. The van der Waals surface area contributed by atoms with E-state index in [1.165, 1.54) is 19.3 Å². The van der Waals surface area contributed by atoms with E-state index in [1.54, 1.807) is 0 Å². The summed E-state index contributed by atoms with van der Waals surface area (Å²) >= 11 is 0. The molecule has 0 heteroatoms. The first-order valence-electron chi connectivity index (χ1n) is 5.26. The molecule has 0 nitrogen and oxygen atoms in total. The maximum atomic E-state index is 3.84. The van der Waals surface area contributed by atoms with Crippen LogP contribution in [-0.2, 0) is 0 Å². The lowest BCUT2D eigenvalue weighted by molar-refractivity contribution is 0.139. The molecule has 0 radical (unpaired) electrons. The molecule has 1 aliphatic rings. The van der Waals surface area contributed by atoms with Crippen LogP contribution in [0.15, 0.2) is 12.7 Å². The predicted molar refractivity (Wildman–Crippen MR) is 55.0 cm³/mol. The maximum absolute atomic E-state index is 3.84. The van der Waals surface area contributed by atoms with Crippen molar-refractivity contribution in [3.8, 4) is 0 Å². The second-order valence-corrected chi connectivity index (χ2v) is 4.70. The van der Waals surface area contributed by atoms with Crippen molar-refractivity contribution in [1.29, 1.82) is 0 Å². The zero-order chi connectivity index (χ0) is 9.14. The van der Waals surface area contributed by atoms with Crippen molar-refractivity contribution >= 4 is 0 Å². The minimum Gasteiger partial charge on any atom is -0.103 e. The highest BCUT2D eigenvalue weighted by Crippen LogP contribution is 2.39. The lowest BCUT2D eigenvalue weighted by atomic mass is 9.69. The van der Waals surface area contributed by atoms with Crippen molar-refractivity contribution in [2.24, 2.45) is 23.7 Å². The first-order valence-corrected chi connectivity index (χ1v) is 5.26. The van der Waals surface area contributed by atoms with Crippen LogP contribution < -0.4 is 0 Å². The number of hydrogen-bond acceptors (Lipinski definition) is 0. The van der Waals surface area contributed by atoms with E-state index in [2.05, 4.69) is 33.4 Å². The molecule has 4 unspecified atom stereocenters. The minimum absolute atomic E-state index is 0.902. The molecule has 1 rings (SSSR count). The molecule has 0 bridgehead atoms. The molecule has 12 heavy (non-hydrogen) atoms. The summed E-state index contributed by atoms with van der Waals surface area (Å²) in [5.41, 5.74) is 0. The topological polar surface area (TPSA) is 0 Å². The van der Waals surface area contributed by atoms with Crippen molar-refractivity contribution in [3.05, 3.63) is 12.7 Å². The standard InChI is InChI=1S/C12H22/c1-5-6-12-8-9(2)7-10(3)11(12)4/h5,9-12H,1,6-8H2,2-4H3. The Kier molecular flexibility index (Phi) is 3.37. The minimum atomic E-state index is 0.902. The Labute approximate surface area is 77.1 Å². The van der Waals surface area contributed by atoms with Crippen LogP contribution in [0.1, 0.15) is 40.0 Å². The van der Waals surface area contributed by atoms with Gasteiger partial charge in [0.05, 0.1) is 0 Å². The molecule has 0 aromatic carbocycles. The first kappa shape index (κ1) is 9.83. The molecule has 0 N–H and O–H groups in total. The summed E-state index contributed by atoms with van der Waals surface area (Å²) < 4.78 is 0. The Hall–Kier alpha value is -0.260. The van der Waals surface area contributed by atoms with Crippen LogP contribution in [0, 0.1) is 23.7 Å². The van der Waals surface area contributed by atoms with Crippen LogP contribution in [0.25, 0.3) is 0 Å². The van der Waals surface area contributed by atoms with Gasteiger partial charge in [-0.25, -0.2) is 0 Å². The molecule has 1 saturated carbocycles. The van der Waals surface area contributed by atoms with Crippen LogP contribution in [0.4, 0.5) is 0 Å². The van der Waals surface area contributed by atoms with Gasteiger partial charge in [-0.3, -0.25) is 0 Å². The van der Waals surface area contributed by atoms with Crippen LogP contribution in [0.2, 0.25) is 0 Å². The molecular weight excluding hydrogens is 144 g/mol. The van der Waals surface area contributed by atoms with E-state index in [1.807, 2.05) is 0 Å². The highest BCUT2D eigenvalue weighted by molar-refractivity contribution is 4.84. The fraction of sp³-hybridized carbons (Fsp3) is 0.833. The molecule has 70 valence electrons. The van der Waals surface area contributed by atoms with Gasteiger partial charge in [0.25, 0.3) is 0 Å². The SMILES string of the molecule is C=CCC1CC(C)CC(C)C1C. The van der Waals surface area contributed by atoms with Crippen molar-refractivity contribution in [2.45, 2.75) is 40.0 Å². The third-order valence-corrected chi connectivity index (χ3v) is 3.59. The van der Waals surface area contributed by atoms with E-state index in [0.29, 0.717) is 0 Å². The molecule has 0 aromatic rings. The van der Waals surface area contributed by atoms with Gasteiger partial charge in [-0.05, 0) is 42.9 Å². The lowest BCUT2D eigenvalue weighted by Gasteiger charge is -2.37. The largest absolute Gasteiger partial charge is 0.103 e. The van der Waals surface area contributed by atoms with Gasteiger partial charge in [-0.15, -0.1) is 6.58 Å². The van der Waals surface area contributed by atoms with Crippen molar-refractivity contribution < 1.29 is 0 Å². The Morgan fingerprint density at radius 1 is 1.25 bits per heavy atom. The van der Waals surface area contributed by atoms with Gasteiger partial charge in [0.2, 0.25) is 0 Å². The molecule has 0 aliphatic heterocycles. The molecule has 1 fully saturated rings. The number of rotatable bonds is 2. The Morgan fingerprint density at radius 3 is 2.50 bits per heavy atom. The average Bonchev–Trinajstić information content (AvgIpc) is 2.00. The van der Waals surface area contributed by atoms with E-state index < -0.39 is 0 Å². The third kappa shape index (κ3) is 2.12. The molecular formula is C12H22. The van der Waals surface area contributed by atoms with Gasteiger partial charge in [0.15, 0.2) is 0 Å². The molecule has 0 aromatic heterocycles. The van der Waals surface area contributed by atoms with E-state index >= 15 is 0 Å². The fourth-order valence-electron chi connectivity index (χ4n) is 2.67. The normalized spacial score (nSPS) is 42.6. The van der Waals surface area contributed by atoms with E-state index in [-0.39, 0.29) is 0 Å². The van der Waals surface area contributed by atoms with E-state index in [9.17, 15) is 0 Å². The van der Waals surface area contributed by atoms with E-state index in [0.717, 1.165) is 23.7 Å². The monoisotopic (exact) mass is 166 g/mol. The van der Waals surface area contributed by atoms with Crippen molar-refractivity contribution in [1.82, 2.24) is 0 Å². The fourth-order valence-corrected chi connectivity index (χ4v) is 2.67. The van der Waals surface area contributed by atoms with Gasteiger partial charge in [0, 0.05) is 0 Å². The summed E-state index contributed by atoms with van der Waals surface area (Å²) in [6, 6.07) is 0. The molecule has 0 heterocycles. The van der Waals surface area contributed by atoms with Crippen molar-refractivity contribution in [3.63, 3.8) is 0 Å². The highest BCUT2D eigenvalue weighted by atomic mass is 14.3. The summed E-state index contributed by atoms with van der Waals surface area (Å²) in [4.78, 5) is 0. The zero-order valence-corrected chi connectivity index (χ0v) is 8.72. The summed E-state index contributed by atoms with van der Waals surface area (Å²) in [7, 11) is 0. The van der Waals surface area contributed by atoms with Crippen LogP contribution in [-0.4, -0.2) is 0 Å². The summed E-state index contributed by atoms with van der Waals surface area (Å²) in [6.07, 6.45) is 6.15. The number of hydrogen-bond donors (Lipinski definition) is 0. The van der Waals surface area contributed by atoms with Gasteiger partial charge in [-0.1, -0.05) is 26.8 Å². The smallest absolute Gasteiger partial charge is 0.0322 e. The Bertz CT molecular complexity index is 148. The Morgan fingerprint density at radius 2 is 1.92 bits per heavy atom. The van der Waals surface area contributed by atoms with Gasteiger partial charge >= 0.3 is 0 Å². The third-order valence-electron chi connectivity index (χ3n) is 3.59. The van der Waals surface area contributed by atoms with E-state index in [4.69, 9.17) is 0 Å². The molecule has 0 spiro atoms. The quantitative estimate of drug-likeness (QED) is 0.546. The second-order valence-electron chi connectivity index (χ2n) is 4.70. The predicted octanol–water partition coefficient (Wildman–Crippen LogP) is 3.88. The lowest BCUT2D eigenvalue weighted by Crippen LogP contribution is -2.28. The van der Waals surface area contributed by atoms with Crippen LogP contribution in [0.5, 0.6) is 0 Å². The van der Waals surface area contributed by atoms with Gasteiger partial charge in [-0.2, -0.15) is 0 Å². The summed E-state index contributed by atoms with van der Waals surface area (Å²) in [5.74, 6) is 3.65. The zero-order valence-electron chi connectivity index (χ0n) is 8.72. The number of allylic oxidation sites excluding steroid dienone is 1. The second kappa shape index (κ2) is 4.11. The van der Waals surface area contributed by atoms with Crippen LogP contribution in [0.3, 0.4) is 0 Å². The Balaban J connectivity index is 2.53. The molecule has 0 amide bonds. The van der Waals surface area contributed by atoms with Gasteiger partial charge < -0.3 is 0 Å². The molecule has 1 aliphatic carbocycles. The highest BCUT2D eigenvalue weighted by Gasteiger charge is 2.29. The summed E-state index contributed by atoms with van der Waals surface area (Å²) in [6.45, 7) is 11.0. The molecule has 4 atom stereocenters.